The molecule has 0 aromatic rings. The van der Waals surface area contributed by atoms with Gasteiger partial charge in [0.2, 0.25) is 0 Å². The van der Waals surface area contributed by atoms with Crippen molar-refractivity contribution in [3.05, 3.63) is 12.5 Å². The van der Waals surface area contributed by atoms with Gasteiger partial charge in [0.05, 0.1) is 7.37 Å². The first kappa shape index (κ1) is 11.5. The van der Waals surface area contributed by atoms with Crippen molar-refractivity contribution in [3.63, 3.8) is 0 Å². The fourth-order valence-electron chi connectivity index (χ4n) is 0.527. The minimum absolute atomic E-state index is 0. The smallest absolute Gasteiger partial charge is 0.794 e. The van der Waals surface area contributed by atoms with E-state index in [9.17, 15) is 9.46 Å². The average Bonchev–Trinajstić information content (AvgIpc) is 2.13. The van der Waals surface area contributed by atoms with E-state index in [2.05, 4.69) is 0 Å². The van der Waals surface area contributed by atoms with Crippen LogP contribution in [0.1, 0.15) is 6.92 Å². The van der Waals surface area contributed by atoms with Crippen LogP contribution < -0.4 is 34.5 Å². The van der Waals surface area contributed by atoms with Crippen LogP contribution >= 0.6 is 7.37 Å². The molecule has 0 aromatic heterocycles. The first-order valence-electron chi connectivity index (χ1n) is 2.75. The molecule has 0 amide bonds. The third-order valence-corrected chi connectivity index (χ3v) is 3.05. The van der Waals surface area contributed by atoms with E-state index in [1.165, 1.54) is 19.4 Å². The van der Waals surface area contributed by atoms with Crippen LogP contribution in [0.25, 0.3) is 0 Å². The zero-order valence-corrected chi connectivity index (χ0v) is 9.63. The van der Waals surface area contributed by atoms with Crippen LogP contribution in [-0.4, -0.2) is 12.2 Å². The second kappa shape index (κ2) is 3.50. The van der Waals surface area contributed by atoms with Crippen LogP contribution in [0, 0.1) is 0 Å². The van der Waals surface area contributed by atoms with E-state index in [4.69, 9.17) is 9.47 Å². The van der Waals surface area contributed by atoms with Crippen molar-refractivity contribution >= 4 is 7.37 Å². The predicted octanol–water partition coefficient (Wildman–Crippen LogP) is -2.55. The molecule has 1 aliphatic rings. The Kier molecular flexibility index (Phi) is 3.67. The Morgan fingerprint density at radius 2 is 1.82 bits per heavy atom. The summed E-state index contributed by atoms with van der Waals surface area (Å²) in [6, 6.07) is 0. The molecule has 1 unspecified atom stereocenters. The van der Waals surface area contributed by atoms with E-state index >= 15 is 0 Å². The Morgan fingerprint density at radius 3 is 2.00 bits per heavy atom. The van der Waals surface area contributed by atoms with Crippen molar-refractivity contribution in [2.75, 3.05) is 6.66 Å². The predicted molar refractivity (Wildman–Crippen MR) is 33.2 cm³/mol. The molecular weight excluding hydrogens is 178 g/mol. The third-order valence-electron chi connectivity index (χ3n) is 1.37. The van der Waals surface area contributed by atoms with Gasteiger partial charge < -0.3 is 18.9 Å². The van der Waals surface area contributed by atoms with E-state index in [-0.39, 0.29) is 29.6 Å². The molecule has 11 heavy (non-hydrogen) atoms. The fourth-order valence-corrected chi connectivity index (χ4v) is 1.03. The third kappa shape index (κ3) is 2.23. The van der Waals surface area contributed by atoms with Crippen molar-refractivity contribution in [1.29, 1.82) is 0 Å². The second-order valence-electron chi connectivity index (χ2n) is 2.25. The first-order valence-corrected chi connectivity index (χ1v) is 4.82. The molecular formula is C5H8NaO4P. The molecule has 0 fully saturated rings. The van der Waals surface area contributed by atoms with Gasteiger partial charge in [-0.1, -0.05) is 0 Å². The maximum atomic E-state index is 10.9. The molecule has 4 nitrogen and oxygen atoms in total. The van der Waals surface area contributed by atoms with Gasteiger partial charge in [0.15, 0.2) is 0 Å². The van der Waals surface area contributed by atoms with Crippen LogP contribution in [0.3, 0.4) is 0 Å². The average molecular weight is 186 g/mol. The molecule has 0 aliphatic carbocycles. The normalized spacial score (nSPS) is 24.3. The fraction of sp³-hybridized carbons (Fsp3) is 0.600. The molecule has 6 heteroatoms. The van der Waals surface area contributed by atoms with Crippen molar-refractivity contribution < 1.29 is 48.5 Å². The maximum Gasteiger partial charge on any atom is 1.00 e. The summed E-state index contributed by atoms with van der Waals surface area (Å²) in [5.41, 5.74) is -1.48. The molecule has 0 bridgehead atoms. The SMILES string of the molecule is CC1(P(C)(=O)[O-])OC=CO1.[Na+]. The zero-order chi connectivity index (χ0) is 7.83. The van der Waals surface area contributed by atoms with E-state index in [1.54, 1.807) is 0 Å². The maximum absolute atomic E-state index is 10.9. The van der Waals surface area contributed by atoms with Gasteiger partial charge in [-0.2, -0.15) is 0 Å². The molecule has 0 N–H and O–H groups in total. The molecule has 0 spiro atoms. The number of hydrogen-bond acceptors (Lipinski definition) is 4. The minimum Gasteiger partial charge on any atom is -0.794 e. The van der Waals surface area contributed by atoms with Crippen LogP contribution in [0.2, 0.25) is 0 Å². The summed E-state index contributed by atoms with van der Waals surface area (Å²) in [6.07, 6.45) is 2.43. The molecule has 1 heterocycles. The van der Waals surface area contributed by atoms with Gasteiger partial charge in [-0.05, 0) is 6.66 Å². The van der Waals surface area contributed by atoms with E-state index in [0.717, 1.165) is 6.66 Å². The summed E-state index contributed by atoms with van der Waals surface area (Å²) in [5.74, 6) is 0. The van der Waals surface area contributed by atoms with Crippen molar-refractivity contribution in [2.45, 2.75) is 12.5 Å². The number of ether oxygens (including phenoxy) is 2. The molecule has 1 rings (SSSR count). The summed E-state index contributed by atoms with van der Waals surface area (Å²) >= 11 is 0. The standard InChI is InChI=1S/C5H9O4P.Na/c1-5(10(2,6)7)8-3-4-9-5;/h3-4H,1-2H3,(H,6,7);/q;+1/p-1. The molecule has 58 valence electrons. The minimum atomic E-state index is -3.58. The number of hydrogen-bond donors (Lipinski definition) is 0. The molecule has 1 atom stereocenters. The van der Waals surface area contributed by atoms with Crippen molar-refractivity contribution in [1.82, 2.24) is 0 Å². The summed E-state index contributed by atoms with van der Waals surface area (Å²) in [6.45, 7) is 2.45. The molecule has 0 radical (unpaired) electrons. The largest absolute Gasteiger partial charge is 1.00 e. The summed E-state index contributed by atoms with van der Waals surface area (Å²) in [5, 5.41) is 0. The van der Waals surface area contributed by atoms with Gasteiger partial charge >= 0.3 is 29.6 Å². The summed E-state index contributed by atoms with van der Waals surface area (Å²) in [7, 11) is -3.58. The van der Waals surface area contributed by atoms with E-state index < -0.39 is 12.9 Å². The van der Waals surface area contributed by atoms with Crippen LogP contribution in [0.5, 0.6) is 0 Å². The van der Waals surface area contributed by atoms with Gasteiger partial charge in [0.25, 0.3) is 5.53 Å². The summed E-state index contributed by atoms with van der Waals surface area (Å²) in [4.78, 5) is 10.9. The van der Waals surface area contributed by atoms with Crippen LogP contribution in [0.4, 0.5) is 0 Å². The molecule has 0 saturated carbocycles. The van der Waals surface area contributed by atoms with Gasteiger partial charge in [-0.25, -0.2) is 0 Å². The number of rotatable bonds is 1. The van der Waals surface area contributed by atoms with Gasteiger partial charge in [0.1, 0.15) is 12.5 Å². The Hall–Kier alpha value is 0.530. The second-order valence-corrected chi connectivity index (χ2v) is 4.76. The zero-order valence-electron chi connectivity index (χ0n) is 6.73. The van der Waals surface area contributed by atoms with Gasteiger partial charge in [-0.3, -0.25) is 0 Å². The van der Waals surface area contributed by atoms with Gasteiger partial charge in [-0.15, -0.1) is 0 Å². The van der Waals surface area contributed by atoms with Crippen molar-refractivity contribution in [2.24, 2.45) is 0 Å². The van der Waals surface area contributed by atoms with E-state index in [0.29, 0.717) is 0 Å². The Labute approximate surface area is 87.3 Å². The Bertz CT molecular complexity index is 201. The summed E-state index contributed by atoms with van der Waals surface area (Å²) < 4.78 is 20.3. The van der Waals surface area contributed by atoms with E-state index in [1.807, 2.05) is 0 Å². The Balaban J connectivity index is 0.000001000. The molecule has 0 saturated heterocycles. The quantitative estimate of drug-likeness (QED) is 0.334. The molecule has 0 aromatic carbocycles. The van der Waals surface area contributed by atoms with Crippen LogP contribution in [0.15, 0.2) is 12.5 Å². The first-order chi connectivity index (χ1) is 4.46. The topological polar surface area (TPSA) is 58.6 Å². The monoisotopic (exact) mass is 186 g/mol. The Morgan fingerprint density at radius 1 is 1.45 bits per heavy atom. The van der Waals surface area contributed by atoms with Crippen molar-refractivity contribution in [3.8, 4) is 0 Å². The van der Waals surface area contributed by atoms with Crippen LogP contribution in [-0.2, 0) is 14.0 Å². The van der Waals surface area contributed by atoms with Gasteiger partial charge in [0, 0.05) is 6.92 Å². The molecule has 1 aliphatic heterocycles.